The number of rotatable bonds is 5. The summed E-state index contributed by atoms with van der Waals surface area (Å²) in [6.07, 6.45) is 10.3. The van der Waals surface area contributed by atoms with E-state index in [1.54, 1.807) is 29.3 Å². The molecule has 3 aromatic rings. The maximum absolute atomic E-state index is 12.6. The Morgan fingerprint density at radius 1 is 1.37 bits per heavy atom. The van der Waals surface area contributed by atoms with Gasteiger partial charge in [-0.2, -0.15) is 28.2 Å². The van der Waals surface area contributed by atoms with Crippen LogP contribution in [0.15, 0.2) is 24.7 Å². The lowest BCUT2D eigenvalue weighted by molar-refractivity contribution is -0.190. The number of ether oxygens (including phenoxy) is 1. The minimum atomic E-state index is -5.15. The van der Waals surface area contributed by atoms with Gasteiger partial charge in [-0.25, -0.2) is 4.79 Å². The standard InChI is InChI=1S/C20H18F3N5O2/c1-2-5-15(12-6-3-4-7-12)28-11-13(10-25-28)16-14-8-9-24-17(14)27-19(26-16)30-18(29)20(21,22)23/h1,8-12,15H,3-7H2,(H,24,26,27). The Labute approximate surface area is 169 Å². The zero-order chi connectivity index (χ0) is 21.3. The number of esters is 1. The monoisotopic (exact) mass is 417 g/mol. The lowest BCUT2D eigenvalue weighted by Gasteiger charge is -2.21. The average molecular weight is 417 g/mol. The lowest BCUT2D eigenvalue weighted by atomic mass is 9.96. The molecule has 1 unspecified atom stereocenters. The van der Waals surface area contributed by atoms with Gasteiger partial charge in [-0.05, 0) is 24.8 Å². The number of carbonyl (C=O) groups excluding carboxylic acids is 1. The van der Waals surface area contributed by atoms with Gasteiger partial charge in [0.2, 0.25) is 0 Å². The molecule has 0 spiro atoms. The summed E-state index contributed by atoms with van der Waals surface area (Å²) < 4.78 is 43.8. The fraction of sp³-hybridized carbons (Fsp3) is 0.400. The van der Waals surface area contributed by atoms with Crippen molar-refractivity contribution in [3.8, 4) is 29.6 Å². The fourth-order valence-electron chi connectivity index (χ4n) is 3.91. The predicted molar refractivity (Wildman–Crippen MR) is 101 cm³/mol. The Kier molecular flexibility index (Phi) is 5.20. The summed E-state index contributed by atoms with van der Waals surface area (Å²) in [6.45, 7) is 0. The van der Waals surface area contributed by atoms with Crippen LogP contribution >= 0.6 is 0 Å². The van der Waals surface area contributed by atoms with Crippen molar-refractivity contribution in [3.05, 3.63) is 24.7 Å². The van der Waals surface area contributed by atoms with E-state index in [0.29, 0.717) is 29.0 Å². The van der Waals surface area contributed by atoms with Crippen LogP contribution in [0.3, 0.4) is 0 Å². The summed E-state index contributed by atoms with van der Waals surface area (Å²) in [5.41, 5.74) is 1.11. The second-order valence-electron chi connectivity index (χ2n) is 7.21. The van der Waals surface area contributed by atoms with Crippen molar-refractivity contribution in [1.29, 1.82) is 0 Å². The van der Waals surface area contributed by atoms with E-state index >= 15 is 0 Å². The van der Waals surface area contributed by atoms with Crippen LogP contribution in [-0.2, 0) is 4.79 Å². The molecule has 0 saturated heterocycles. The Bertz CT molecular complexity index is 1110. The Balaban J connectivity index is 1.70. The van der Waals surface area contributed by atoms with Crippen LogP contribution in [0.25, 0.3) is 22.3 Å². The van der Waals surface area contributed by atoms with E-state index in [4.69, 9.17) is 6.42 Å². The van der Waals surface area contributed by atoms with E-state index in [1.807, 2.05) is 0 Å². The van der Waals surface area contributed by atoms with Crippen molar-refractivity contribution < 1.29 is 22.7 Å². The highest BCUT2D eigenvalue weighted by Gasteiger charge is 2.42. The number of nitrogens with zero attached hydrogens (tertiary/aromatic N) is 4. The zero-order valence-electron chi connectivity index (χ0n) is 15.8. The molecular weight excluding hydrogens is 399 g/mol. The summed E-state index contributed by atoms with van der Waals surface area (Å²) in [5.74, 6) is 0.749. The van der Waals surface area contributed by atoms with Crippen LogP contribution in [0.5, 0.6) is 6.01 Å². The van der Waals surface area contributed by atoms with Crippen LogP contribution in [0.2, 0.25) is 0 Å². The molecule has 1 atom stereocenters. The third-order valence-electron chi connectivity index (χ3n) is 5.30. The molecular formula is C20H18F3N5O2. The van der Waals surface area contributed by atoms with E-state index in [9.17, 15) is 18.0 Å². The molecule has 7 nitrogen and oxygen atoms in total. The molecule has 3 heterocycles. The third-order valence-corrected chi connectivity index (χ3v) is 5.30. The highest BCUT2D eigenvalue weighted by Crippen LogP contribution is 2.37. The average Bonchev–Trinajstić information content (AvgIpc) is 3.46. The van der Waals surface area contributed by atoms with Crippen molar-refractivity contribution in [3.63, 3.8) is 0 Å². The van der Waals surface area contributed by atoms with Gasteiger partial charge in [0.15, 0.2) is 0 Å². The lowest BCUT2D eigenvalue weighted by Crippen LogP contribution is -2.28. The second-order valence-corrected chi connectivity index (χ2v) is 7.21. The molecule has 1 saturated carbocycles. The first-order valence-electron chi connectivity index (χ1n) is 9.49. The summed E-state index contributed by atoms with van der Waals surface area (Å²) in [6, 6.07) is 1.04. The molecule has 1 N–H and O–H groups in total. The van der Waals surface area contributed by atoms with Gasteiger partial charge in [0.05, 0.1) is 17.9 Å². The summed E-state index contributed by atoms with van der Waals surface area (Å²) >= 11 is 0. The molecule has 10 heteroatoms. The van der Waals surface area contributed by atoms with Gasteiger partial charge < -0.3 is 9.72 Å². The van der Waals surface area contributed by atoms with Crippen LogP contribution in [0.4, 0.5) is 13.2 Å². The zero-order valence-corrected chi connectivity index (χ0v) is 15.8. The molecule has 0 aromatic carbocycles. The van der Waals surface area contributed by atoms with Gasteiger partial charge in [-0.15, -0.1) is 12.3 Å². The SMILES string of the molecule is C#CCC(C1CCCC1)n1cc(-c2nc(OC(=O)C(F)(F)F)nc3[nH]ccc23)cn1. The first kappa shape index (κ1) is 19.9. The van der Waals surface area contributed by atoms with E-state index in [2.05, 4.69) is 30.7 Å². The number of hydrogen-bond donors (Lipinski definition) is 1. The topological polar surface area (TPSA) is 85.7 Å². The number of halogens is 3. The van der Waals surface area contributed by atoms with Crippen molar-refractivity contribution in [2.75, 3.05) is 0 Å². The number of aromatic amines is 1. The molecule has 1 aliphatic rings. The van der Waals surface area contributed by atoms with Crippen molar-refractivity contribution in [2.45, 2.75) is 44.3 Å². The maximum Gasteiger partial charge on any atom is 0.491 e. The van der Waals surface area contributed by atoms with Crippen LogP contribution in [-0.4, -0.2) is 36.9 Å². The molecule has 30 heavy (non-hydrogen) atoms. The van der Waals surface area contributed by atoms with Gasteiger partial charge in [0.25, 0.3) is 0 Å². The van der Waals surface area contributed by atoms with Gasteiger partial charge in [-0.1, -0.05) is 12.8 Å². The number of aromatic nitrogens is 5. The molecule has 4 rings (SSSR count). The first-order chi connectivity index (χ1) is 14.4. The summed E-state index contributed by atoms with van der Waals surface area (Å²) in [5, 5.41) is 5.01. The highest BCUT2D eigenvalue weighted by molar-refractivity contribution is 5.91. The number of terminal acetylenes is 1. The highest BCUT2D eigenvalue weighted by atomic mass is 19.4. The first-order valence-corrected chi connectivity index (χ1v) is 9.49. The molecule has 1 aliphatic carbocycles. The third kappa shape index (κ3) is 3.87. The van der Waals surface area contributed by atoms with Crippen molar-refractivity contribution >= 4 is 17.0 Å². The molecule has 3 aromatic heterocycles. The molecule has 0 bridgehead atoms. The van der Waals surface area contributed by atoms with E-state index in [-0.39, 0.29) is 11.7 Å². The van der Waals surface area contributed by atoms with Crippen LogP contribution in [0.1, 0.15) is 38.1 Å². The Morgan fingerprint density at radius 2 is 2.13 bits per heavy atom. The maximum atomic E-state index is 12.6. The molecule has 156 valence electrons. The van der Waals surface area contributed by atoms with Crippen LogP contribution in [0, 0.1) is 18.3 Å². The minimum absolute atomic E-state index is 0.0392. The molecule has 1 fully saturated rings. The number of hydrogen-bond acceptors (Lipinski definition) is 5. The quantitative estimate of drug-likeness (QED) is 0.500. The molecule has 0 amide bonds. The number of nitrogens with one attached hydrogen (secondary N) is 1. The second kappa shape index (κ2) is 7.82. The van der Waals surface area contributed by atoms with Crippen LogP contribution < -0.4 is 4.74 Å². The van der Waals surface area contributed by atoms with Gasteiger partial charge in [0.1, 0.15) is 5.65 Å². The van der Waals surface area contributed by atoms with Gasteiger partial charge in [0, 0.05) is 29.8 Å². The van der Waals surface area contributed by atoms with Gasteiger partial charge in [-0.3, -0.25) is 4.68 Å². The summed E-state index contributed by atoms with van der Waals surface area (Å²) in [7, 11) is 0. The minimum Gasteiger partial charge on any atom is -0.384 e. The Hall–Kier alpha value is -3.35. The number of fused-ring (bicyclic) bond motifs is 1. The smallest absolute Gasteiger partial charge is 0.384 e. The molecule has 0 radical (unpaired) electrons. The van der Waals surface area contributed by atoms with Crippen molar-refractivity contribution in [2.24, 2.45) is 5.92 Å². The number of alkyl halides is 3. The normalized spacial score (nSPS) is 15.9. The molecule has 0 aliphatic heterocycles. The van der Waals surface area contributed by atoms with Crippen molar-refractivity contribution in [1.82, 2.24) is 24.7 Å². The Morgan fingerprint density at radius 3 is 2.83 bits per heavy atom. The van der Waals surface area contributed by atoms with Gasteiger partial charge >= 0.3 is 18.2 Å². The summed E-state index contributed by atoms with van der Waals surface area (Å²) in [4.78, 5) is 21.9. The van der Waals surface area contributed by atoms with E-state index in [0.717, 1.165) is 25.7 Å². The largest absolute Gasteiger partial charge is 0.491 e. The van der Waals surface area contributed by atoms with E-state index in [1.165, 1.54) is 0 Å². The van der Waals surface area contributed by atoms with E-state index < -0.39 is 18.2 Å². The predicted octanol–water partition coefficient (Wildman–Crippen LogP) is 4.04. The number of carbonyl (C=O) groups is 1. The fourth-order valence-corrected chi connectivity index (χ4v) is 3.91. The number of H-pyrrole nitrogens is 1.